The number of hydrogen-bond acceptors (Lipinski definition) is 5. The molecule has 0 aliphatic rings. The number of aryl methyl sites for hydroxylation is 1. The van der Waals surface area contributed by atoms with Gasteiger partial charge in [0.15, 0.2) is 9.34 Å². The molecule has 2 N–H and O–H groups in total. The third-order valence-electron chi connectivity index (χ3n) is 2.90. The second kappa shape index (κ2) is 5.90. The SMILES string of the molecule is CCN(Cc1ccccc1)S(=O)(=O)c1sc(N)nc1C. The molecule has 0 aliphatic heterocycles. The summed E-state index contributed by atoms with van der Waals surface area (Å²) in [6.07, 6.45) is 0. The van der Waals surface area contributed by atoms with Crippen molar-refractivity contribution in [1.29, 1.82) is 0 Å². The van der Waals surface area contributed by atoms with Gasteiger partial charge in [0.2, 0.25) is 0 Å². The zero-order chi connectivity index (χ0) is 14.8. The van der Waals surface area contributed by atoms with Gasteiger partial charge in [0.1, 0.15) is 0 Å². The maximum atomic E-state index is 12.6. The summed E-state index contributed by atoms with van der Waals surface area (Å²) in [7, 11) is -3.55. The average Bonchev–Trinajstić information content (AvgIpc) is 2.76. The predicted octanol–water partition coefficient (Wildman–Crippen LogP) is 2.24. The molecule has 1 aromatic carbocycles. The molecule has 0 radical (unpaired) electrons. The highest BCUT2D eigenvalue weighted by atomic mass is 32.2. The Morgan fingerprint density at radius 2 is 1.95 bits per heavy atom. The van der Waals surface area contributed by atoms with Crippen LogP contribution >= 0.6 is 11.3 Å². The van der Waals surface area contributed by atoms with Crippen molar-refractivity contribution in [3.8, 4) is 0 Å². The Labute approximate surface area is 123 Å². The maximum absolute atomic E-state index is 12.6. The number of rotatable bonds is 5. The molecule has 0 amide bonds. The third kappa shape index (κ3) is 3.00. The number of nitrogens with zero attached hydrogens (tertiary/aromatic N) is 2. The summed E-state index contributed by atoms with van der Waals surface area (Å²) in [6, 6.07) is 9.51. The second-order valence-corrected chi connectivity index (χ2v) is 7.51. The highest BCUT2D eigenvalue weighted by molar-refractivity contribution is 7.91. The van der Waals surface area contributed by atoms with Crippen molar-refractivity contribution in [3.05, 3.63) is 41.6 Å². The van der Waals surface area contributed by atoms with Crippen LogP contribution in [-0.4, -0.2) is 24.3 Å². The quantitative estimate of drug-likeness (QED) is 0.919. The first-order valence-electron chi connectivity index (χ1n) is 6.22. The molecule has 1 heterocycles. The minimum absolute atomic E-state index is 0.229. The third-order valence-corrected chi connectivity index (χ3v) is 6.39. The van der Waals surface area contributed by atoms with Crippen LogP contribution in [0.25, 0.3) is 0 Å². The number of thiazole rings is 1. The molecule has 108 valence electrons. The minimum atomic E-state index is -3.55. The summed E-state index contributed by atoms with van der Waals surface area (Å²) in [4.78, 5) is 3.99. The fourth-order valence-corrected chi connectivity index (χ4v) is 4.78. The topological polar surface area (TPSA) is 76.3 Å². The Morgan fingerprint density at radius 1 is 1.30 bits per heavy atom. The number of nitrogens with two attached hydrogens (primary N) is 1. The summed E-state index contributed by atoms with van der Waals surface area (Å²) in [5, 5.41) is 0.275. The van der Waals surface area contributed by atoms with E-state index in [9.17, 15) is 8.42 Å². The number of hydrogen-bond donors (Lipinski definition) is 1. The van der Waals surface area contributed by atoms with E-state index in [4.69, 9.17) is 5.73 Å². The first kappa shape index (κ1) is 15.0. The molecular weight excluding hydrogens is 294 g/mol. The molecule has 5 nitrogen and oxygen atoms in total. The lowest BCUT2D eigenvalue weighted by Crippen LogP contribution is -2.30. The molecule has 20 heavy (non-hydrogen) atoms. The Kier molecular flexibility index (Phi) is 4.42. The van der Waals surface area contributed by atoms with Crippen molar-refractivity contribution in [2.45, 2.75) is 24.6 Å². The molecular formula is C13H17N3O2S2. The van der Waals surface area contributed by atoms with Crippen LogP contribution in [0.15, 0.2) is 34.5 Å². The lowest BCUT2D eigenvalue weighted by atomic mass is 10.2. The predicted molar refractivity (Wildman–Crippen MR) is 81.0 cm³/mol. The van der Waals surface area contributed by atoms with E-state index in [1.807, 2.05) is 37.3 Å². The van der Waals surface area contributed by atoms with E-state index in [0.717, 1.165) is 16.9 Å². The first-order chi connectivity index (χ1) is 9.45. The van der Waals surface area contributed by atoms with Crippen LogP contribution in [-0.2, 0) is 16.6 Å². The Hall–Kier alpha value is -1.44. The molecule has 0 unspecified atom stereocenters. The summed E-state index contributed by atoms with van der Waals surface area (Å²) < 4.78 is 26.9. The van der Waals surface area contributed by atoms with Gasteiger partial charge in [-0.15, -0.1) is 0 Å². The fourth-order valence-electron chi connectivity index (χ4n) is 1.91. The molecule has 0 saturated heterocycles. The van der Waals surface area contributed by atoms with E-state index in [0.29, 0.717) is 18.8 Å². The Morgan fingerprint density at radius 3 is 2.45 bits per heavy atom. The van der Waals surface area contributed by atoms with Gasteiger partial charge < -0.3 is 5.73 Å². The van der Waals surface area contributed by atoms with Crippen LogP contribution in [0.2, 0.25) is 0 Å². The van der Waals surface area contributed by atoms with Crippen molar-refractivity contribution in [2.75, 3.05) is 12.3 Å². The maximum Gasteiger partial charge on any atom is 0.254 e. The Balaban J connectivity index is 2.33. The normalized spacial score (nSPS) is 11.9. The van der Waals surface area contributed by atoms with Crippen LogP contribution in [0.3, 0.4) is 0 Å². The van der Waals surface area contributed by atoms with Crippen molar-refractivity contribution >= 4 is 26.5 Å². The fraction of sp³-hybridized carbons (Fsp3) is 0.308. The highest BCUT2D eigenvalue weighted by Crippen LogP contribution is 2.28. The standard InChI is InChI=1S/C13H17N3O2S2/c1-3-16(9-11-7-5-4-6-8-11)20(17,18)12-10(2)15-13(14)19-12/h4-8H,3,9H2,1-2H3,(H2,14,15). The van der Waals surface area contributed by atoms with Crippen molar-refractivity contribution in [1.82, 2.24) is 9.29 Å². The van der Waals surface area contributed by atoms with E-state index in [2.05, 4.69) is 4.98 Å². The van der Waals surface area contributed by atoms with Gasteiger partial charge in [0.25, 0.3) is 10.0 Å². The minimum Gasteiger partial charge on any atom is -0.375 e. The van der Waals surface area contributed by atoms with Crippen LogP contribution in [0.5, 0.6) is 0 Å². The van der Waals surface area contributed by atoms with Gasteiger partial charge >= 0.3 is 0 Å². The molecule has 2 aromatic rings. The average molecular weight is 311 g/mol. The molecule has 0 fully saturated rings. The van der Waals surface area contributed by atoms with Gasteiger partial charge in [0.05, 0.1) is 5.69 Å². The van der Waals surface area contributed by atoms with Crippen LogP contribution < -0.4 is 5.73 Å². The number of sulfonamides is 1. The smallest absolute Gasteiger partial charge is 0.254 e. The number of aromatic nitrogens is 1. The molecule has 2 rings (SSSR count). The molecule has 0 bridgehead atoms. The van der Waals surface area contributed by atoms with Gasteiger partial charge in [-0.25, -0.2) is 13.4 Å². The Bertz CT molecular complexity index is 681. The summed E-state index contributed by atoms with van der Waals surface area (Å²) in [6.45, 7) is 4.22. The first-order valence-corrected chi connectivity index (χ1v) is 8.47. The number of anilines is 1. The van der Waals surface area contributed by atoms with Crippen LogP contribution in [0.1, 0.15) is 18.2 Å². The molecule has 0 aliphatic carbocycles. The lowest BCUT2D eigenvalue weighted by Gasteiger charge is -2.19. The van der Waals surface area contributed by atoms with Crippen LogP contribution in [0, 0.1) is 6.92 Å². The highest BCUT2D eigenvalue weighted by Gasteiger charge is 2.27. The van der Waals surface area contributed by atoms with E-state index >= 15 is 0 Å². The van der Waals surface area contributed by atoms with Crippen molar-refractivity contribution < 1.29 is 8.42 Å². The zero-order valence-electron chi connectivity index (χ0n) is 11.4. The van der Waals surface area contributed by atoms with E-state index in [-0.39, 0.29) is 9.34 Å². The van der Waals surface area contributed by atoms with Gasteiger partial charge in [-0.1, -0.05) is 48.6 Å². The summed E-state index contributed by atoms with van der Waals surface area (Å²) >= 11 is 1.01. The number of nitrogen functional groups attached to an aromatic ring is 1. The van der Waals surface area contributed by atoms with Gasteiger partial charge in [0, 0.05) is 13.1 Å². The van der Waals surface area contributed by atoms with E-state index in [1.165, 1.54) is 4.31 Å². The molecule has 1 aromatic heterocycles. The van der Waals surface area contributed by atoms with E-state index < -0.39 is 10.0 Å². The largest absolute Gasteiger partial charge is 0.375 e. The van der Waals surface area contributed by atoms with Crippen LogP contribution in [0.4, 0.5) is 5.13 Å². The monoisotopic (exact) mass is 311 g/mol. The molecule has 0 saturated carbocycles. The van der Waals surface area contributed by atoms with E-state index in [1.54, 1.807) is 6.92 Å². The zero-order valence-corrected chi connectivity index (χ0v) is 13.0. The summed E-state index contributed by atoms with van der Waals surface area (Å²) in [5.74, 6) is 0. The second-order valence-electron chi connectivity index (χ2n) is 4.34. The van der Waals surface area contributed by atoms with Crippen molar-refractivity contribution in [2.24, 2.45) is 0 Å². The van der Waals surface area contributed by atoms with Crippen molar-refractivity contribution in [3.63, 3.8) is 0 Å². The molecule has 0 spiro atoms. The lowest BCUT2D eigenvalue weighted by molar-refractivity contribution is 0.424. The summed E-state index contributed by atoms with van der Waals surface area (Å²) in [5.41, 5.74) is 7.00. The molecule has 0 atom stereocenters. The van der Waals surface area contributed by atoms with Gasteiger partial charge in [-0.3, -0.25) is 0 Å². The van der Waals surface area contributed by atoms with Gasteiger partial charge in [-0.2, -0.15) is 4.31 Å². The number of benzene rings is 1. The molecule has 7 heteroatoms. The van der Waals surface area contributed by atoms with Gasteiger partial charge in [-0.05, 0) is 12.5 Å².